The van der Waals surface area contributed by atoms with E-state index in [1.165, 1.54) is 18.2 Å². The maximum atomic E-state index is 15.4. The molecular weight excluding hydrogens is 410 g/mol. The molecule has 31 heavy (non-hydrogen) atoms. The van der Waals surface area contributed by atoms with E-state index < -0.39 is 23.7 Å². The summed E-state index contributed by atoms with van der Waals surface area (Å²) >= 11 is 0. The average molecular weight is 433 g/mol. The molecule has 1 spiro atoms. The van der Waals surface area contributed by atoms with Crippen molar-refractivity contribution in [3.8, 4) is 11.1 Å². The maximum Gasteiger partial charge on any atom is 0.416 e. The van der Waals surface area contributed by atoms with Gasteiger partial charge in [-0.1, -0.05) is 30.3 Å². The molecule has 0 radical (unpaired) electrons. The van der Waals surface area contributed by atoms with Gasteiger partial charge in [0.15, 0.2) is 0 Å². The van der Waals surface area contributed by atoms with Crippen molar-refractivity contribution in [2.24, 2.45) is 5.41 Å². The Kier molecular flexibility index (Phi) is 4.84. The zero-order chi connectivity index (χ0) is 21.8. The zero-order valence-electron chi connectivity index (χ0n) is 16.9. The number of carbonyl (C=O) groups is 1. The van der Waals surface area contributed by atoms with Gasteiger partial charge in [-0.15, -0.1) is 0 Å². The Hall–Kier alpha value is -2.41. The minimum Gasteiger partial charge on any atom is -0.368 e. The van der Waals surface area contributed by atoms with E-state index in [0.29, 0.717) is 31.6 Å². The van der Waals surface area contributed by atoms with Gasteiger partial charge in [0.05, 0.1) is 12.2 Å². The van der Waals surface area contributed by atoms with Gasteiger partial charge in [0.25, 0.3) is 5.91 Å². The molecular formula is C24H23F4NO2. The van der Waals surface area contributed by atoms with Gasteiger partial charge in [0.1, 0.15) is 11.9 Å². The number of halogens is 4. The highest BCUT2D eigenvalue weighted by atomic mass is 19.4. The molecule has 0 bridgehead atoms. The number of carbonyl (C=O) groups excluding carboxylic acids is 1. The third-order valence-electron chi connectivity index (χ3n) is 6.86. The predicted octanol–water partition coefficient (Wildman–Crippen LogP) is 5.22. The van der Waals surface area contributed by atoms with E-state index in [4.69, 9.17) is 4.74 Å². The molecule has 1 aliphatic carbocycles. The molecule has 2 aromatic carbocycles. The van der Waals surface area contributed by atoms with Crippen LogP contribution >= 0.6 is 0 Å². The smallest absolute Gasteiger partial charge is 0.368 e. The molecule has 1 amide bonds. The van der Waals surface area contributed by atoms with Crippen LogP contribution in [-0.2, 0) is 22.1 Å². The lowest BCUT2D eigenvalue weighted by atomic mass is 9.94. The number of amides is 1. The van der Waals surface area contributed by atoms with Gasteiger partial charge in [-0.25, -0.2) is 4.39 Å². The molecule has 2 saturated heterocycles. The number of ether oxygens (including phenoxy) is 1. The molecule has 2 atom stereocenters. The number of likely N-dealkylation sites (tertiary alicyclic amines) is 1. The first-order valence-electron chi connectivity index (χ1n) is 10.6. The predicted molar refractivity (Wildman–Crippen MR) is 107 cm³/mol. The van der Waals surface area contributed by atoms with Crippen molar-refractivity contribution in [2.75, 3.05) is 13.2 Å². The fraction of sp³-hybridized carbons (Fsp3) is 0.458. The number of nitrogens with zero attached hydrogens (tertiary/aromatic N) is 1. The molecule has 164 valence electrons. The van der Waals surface area contributed by atoms with Gasteiger partial charge in [0, 0.05) is 24.6 Å². The second-order valence-electron chi connectivity index (χ2n) is 9.03. The van der Waals surface area contributed by atoms with Crippen LogP contribution in [0.4, 0.5) is 17.6 Å². The molecule has 2 aliphatic heterocycles. The molecule has 0 unspecified atom stereocenters. The summed E-state index contributed by atoms with van der Waals surface area (Å²) in [4.78, 5) is 14.7. The molecule has 0 N–H and O–H groups in total. The summed E-state index contributed by atoms with van der Waals surface area (Å²) in [5, 5.41) is 0. The summed E-state index contributed by atoms with van der Waals surface area (Å²) in [5.74, 6) is -0.541. The third kappa shape index (κ3) is 3.84. The van der Waals surface area contributed by atoms with Gasteiger partial charge < -0.3 is 9.64 Å². The van der Waals surface area contributed by atoms with E-state index in [9.17, 15) is 18.0 Å². The van der Waals surface area contributed by atoms with E-state index in [-0.39, 0.29) is 28.5 Å². The van der Waals surface area contributed by atoms with E-state index in [0.717, 1.165) is 31.4 Å². The summed E-state index contributed by atoms with van der Waals surface area (Å²) in [5.41, 5.74) is 0.0978. The van der Waals surface area contributed by atoms with Crippen LogP contribution < -0.4 is 0 Å². The summed E-state index contributed by atoms with van der Waals surface area (Å²) in [7, 11) is 0. The van der Waals surface area contributed by atoms with Crippen molar-refractivity contribution in [1.29, 1.82) is 0 Å². The summed E-state index contributed by atoms with van der Waals surface area (Å²) in [6.07, 6.45) is -0.835. The Morgan fingerprint density at radius 1 is 1.16 bits per heavy atom. The van der Waals surface area contributed by atoms with Crippen LogP contribution in [0.1, 0.15) is 36.8 Å². The SMILES string of the molecule is O=C([C@H]1CCO1)N1CC2(CC2)C[C@@H]1Cc1cccc(-c2cccc(C(F)(F)F)c2)c1F. The largest absolute Gasteiger partial charge is 0.416 e. The second-order valence-corrected chi connectivity index (χ2v) is 9.03. The van der Waals surface area contributed by atoms with Crippen LogP contribution in [0.15, 0.2) is 42.5 Å². The molecule has 0 aromatic heterocycles. The quantitative estimate of drug-likeness (QED) is 0.619. The number of hydrogen-bond acceptors (Lipinski definition) is 2. The normalized spacial score (nSPS) is 24.3. The standard InChI is InChI=1S/C24H23F4NO2/c25-21-16(4-2-6-19(21)15-3-1-5-17(11-15)24(26,27)28)12-18-13-23(8-9-23)14-29(18)22(30)20-7-10-31-20/h1-6,11,18,20H,7-10,12-14H2/t18-,20+/m0/s1. The molecule has 2 aromatic rings. The lowest BCUT2D eigenvalue weighted by Gasteiger charge is -2.33. The highest BCUT2D eigenvalue weighted by molar-refractivity contribution is 5.82. The monoisotopic (exact) mass is 433 g/mol. The molecule has 7 heteroatoms. The summed E-state index contributed by atoms with van der Waals surface area (Å²) < 4.78 is 60.0. The first kappa shape index (κ1) is 20.5. The fourth-order valence-corrected chi connectivity index (χ4v) is 4.84. The van der Waals surface area contributed by atoms with E-state index in [1.807, 2.05) is 4.90 Å². The highest BCUT2D eigenvalue weighted by Crippen LogP contribution is 2.55. The van der Waals surface area contributed by atoms with Crippen molar-refractivity contribution in [3.63, 3.8) is 0 Å². The first-order chi connectivity index (χ1) is 14.8. The summed E-state index contributed by atoms with van der Waals surface area (Å²) in [6, 6.07) is 9.42. The molecule has 1 saturated carbocycles. The minimum absolute atomic E-state index is 0.0190. The van der Waals surface area contributed by atoms with Crippen molar-refractivity contribution >= 4 is 5.91 Å². The number of rotatable bonds is 4. The van der Waals surface area contributed by atoms with Gasteiger partial charge in [0.2, 0.25) is 0 Å². The molecule has 3 nitrogen and oxygen atoms in total. The van der Waals surface area contributed by atoms with Crippen LogP contribution in [0, 0.1) is 11.2 Å². The Balaban J connectivity index is 1.42. The minimum atomic E-state index is -4.49. The van der Waals surface area contributed by atoms with Crippen LogP contribution in [0.5, 0.6) is 0 Å². The van der Waals surface area contributed by atoms with Gasteiger partial charge in [-0.05, 0) is 54.4 Å². The van der Waals surface area contributed by atoms with E-state index in [1.54, 1.807) is 12.1 Å². The Morgan fingerprint density at radius 2 is 1.90 bits per heavy atom. The first-order valence-corrected chi connectivity index (χ1v) is 10.6. The van der Waals surface area contributed by atoms with Gasteiger partial charge in [-0.3, -0.25) is 4.79 Å². The number of benzene rings is 2. The third-order valence-corrected chi connectivity index (χ3v) is 6.86. The van der Waals surface area contributed by atoms with Crippen LogP contribution in [0.3, 0.4) is 0 Å². The molecule has 2 heterocycles. The lowest BCUT2D eigenvalue weighted by Crippen LogP contribution is -2.48. The van der Waals surface area contributed by atoms with Crippen LogP contribution in [-0.4, -0.2) is 36.1 Å². The van der Waals surface area contributed by atoms with Gasteiger partial charge in [-0.2, -0.15) is 13.2 Å². The zero-order valence-corrected chi connectivity index (χ0v) is 16.9. The van der Waals surface area contributed by atoms with Crippen molar-refractivity contribution in [3.05, 3.63) is 59.4 Å². The van der Waals surface area contributed by atoms with Gasteiger partial charge >= 0.3 is 6.18 Å². The van der Waals surface area contributed by atoms with Crippen molar-refractivity contribution in [2.45, 2.75) is 50.4 Å². The Labute approximate surface area is 178 Å². The van der Waals surface area contributed by atoms with Crippen LogP contribution in [0.25, 0.3) is 11.1 Å². The maximum absolute atomic E-state index is 15.4. The topological polar surface area (TPSA) is 29.5 Å². The number of hydrogen-bond donors (Lipinski definition) is 0. The lowest BCUT2D eigenvalue weighted by molar-refractivity contribution is -0.157. The second kappa shape index (κ2) is 7.33. The van der Waals surface area contributed by atoms with Crippen molar-refractivity contribution in [1.82, 2.24) is 4.90 Å². The Bertz CT molecular complexity index is 1010. The van der Waals surface area contributed by atoms with E-state index >= 15 is 4.39 Å². The van der Waals surface area contributed by atoms with Crippen LogP contribution in [0.2, 0.25) is 0 Å². The Morgan fingerprint density at radius 3 is 2.55 bits per heavy atom. The van der Waals surface area contributed by atoms with E-state index in [2.05, 4.69) is 0 Å². The molecule has 5 rings (SSSR count). The average Bonchev–Trinajstić information content (AvgIpc) is 3.34. The highest BCUT2D eigenvalue weighted by Gasteiger charge is 2.54. The van der Waals surface area contributed by atoms with Crippen molar-refractivity contribution < 1.29 is 27.1 Å². The summed E-state index contributed by atoms with van der Waals surface area (Å²) in [6.45, 7) is 1.28. The molecule has 3 fully saturated rings. The molecule has 3 aliphatic rings. The number of alkyl halides is 3. The fourth-order valence-electron chi connectivity index (χ4n) is 4.84.